The molecule has 0 atom stereocenters. The van der Waals surface area contributed by atoms with Crippen molar-refractivity contribution >= 4 is 39.1 Å². The third kappa shape index (κ3) is 2.36. The number of rotatable bonds is 1. The van der Waals surface area contributed by atoms with E-state index in [0.29, 0.717) is 0 Å². The molecule has 1 aromatic carbocycles. The third-order valence-electron chi connectivity index (χ3n) is 1.35. The van der Waals surface area contributed by atoms with Gasteiger partial charge in [-0.15, -0.1) is 0 Å². The Labute approximate surface area is 84.6 Å². The summed E-state index contributed by atoms with van der Waals surface area (Å²) in [4.78, 5) is 0. The summed E-state index contributed by atoms with van der Waals surface area (Å²) in [5.41, 5.74) is 0.892. The summed E-state index contributed by atoms with van der Waals surface area (Å²) in [6.45, 7) is 1.75. The molecule has 1 aromatic rings. The Morgan fingerprint density at radius 1 is 1.27 bits per heavy atom. The van der Waals surface area contributed by atoms with Crippen LogP contribution in [0.3, 0.4) is 0 Å². The van der Waals surface area contributed by atoms with E-state index in [2.05, 4.69) is 15.9 Å². The van der Waals surface area contributed by atoms with Crippen molar-refractivity contribution in [1.82, 2.24) is 0 Å². The summed E-state index contributed by atoms with van der Waals surface area (Å²) in [5, 5.41) is 0. The van der Waals surface area contributed by atoms with Gasteiger partial charge in [-0.3, -0.25) is 0 Å². The molecule has 0 nitrogen and oxygen atoms in total. The van der Waals surface area contributed by atoms with Crippen LogP contribution >= 0.6 is 39.1 Å². The van der Waals surface area contributed by atoms with E-state index in [1.165, 1.54) is 0 Å². The molecule has 0 aliphatic carbocycles. The maximum Gasteiger partial charge on any atom is 0.141 e. The second-order valence-corrected chi connectivity index (χ2v) is 4.93. The highest BCUT2D eigenvalue weighted by molar-refractivity contribution is 9.10. The highest BCUT2D eigenvalue weighted by Gasteiger charge is 2.21. The minimum absolute atomic E-state index is 0.819. The molecular weight excluding hydrogens is 247 g/mol. The number of alkyl halides is 2. The maximum atomic E-state index is 5.90. The lowest BCUT2D eigenvalue weighted by molar-refractivity contribution is 0.968. The highest BCUT2D eigenvalue weighted by atomic mass is 79.9. The topological polar surface area (TPSA) is 0 Å². The van der Waals surface area contributed by atoms with Gasteiger partial charge < -0.3 is 0 Å². The lowest BCUT2D eigenvalue weighted by Crippen LogP contribution is -2.03. The molecule has 11 heavy (non-hydrogen) atoms. The van der Waals surface area contributed by atoms with Crippen molar-refractivity contribution in [2.24, 2.45) is 0 Å². The van der Waals surface area contributed by atoms with Gasteiger partial charge in [-0.1, -0.05) is 57.3 Å². The molecule has 0 N–H and O–H groups in total. The Morgan fingerprint density at radius 3 is 2.18 bits per heavy atom. The molecule has 3 heteroatoms. The van der Waals surface area contributed by atoms with Crippen LogP contribution < -0.4 is 0 Å². The maximum absolute atomic E-state index is 5.90. The Kier molecular flexibility index (Phi) is 2.84. The van der Waals surface area contributed by atoms with E-state index in [1.807, 2.05) is 24.3 Å². The Morgan fingerprint density at radius 2 is 1.82 bits per heavy atom. The minimum Gasteiger partial charge on any atom is -0.0966 e. The molecule has 0 fully saturated rings. The monoisotopic (exact) mass is 252 g/mol. The molecule has 0 aromatic heterocycles. The van der Waals surface area contributed by atoms with E-state index in [-0.39, 0.29) is 0 Å². The molecule has 0 unspecified atom stereocenters. The van der Waals surface area contributed by atoms with Crippen LogP contribution in [0.15, 0.2) is 28.7 Å². The summed E-state index contributed by atoms with van der Waals surface area (Å²) < 4.78 is 0.118. The van der Waals surface area contributed by atoms with Crippen LogP contribution in [0, 0.1) is 0 Å². The van der Waals surface area contributed by atoms with Crippen LogP contribution in [0.5, 0.6) is 0 Å². The van der Waals surface area contributed by atoms with Gasteiger partial charge >= 0.3 is 0 Å². The smallest absolute Gasteiger partial charge is 0.0966 e. The van der Waals surface area contributed by atoms with Crippen LogP contribution in [0.1, 0.15) is 12.5 Å². The molecule has 0 radical (unpaired) electrons. The molecule has 0 saturated carbocycles. The first-order valence-electron chi connectivity index (χ1n) is 3.14. The average Bonchev–Trinajstić information content (AvgIpc) is 1.86. The van der Waals surface area contributed by atoms with Gasteiger partial charge in [-0.25, -0.2) is 0 Å². The van der Waals surface area contributed by atoms with Crippen LogP contribution in [-0.2, 0) is 4.33 Å². The molecule has 0 aliphatic heterocycles. The number of hydrogen-bond acceptors (Lipinski definition) is 0. The van der Waals surface area contributed by atoms with Gasteiger partial charge in [0.15, 0.2) is 0 Å². The fourth-order valence-electron chi connectivity index (χ4n) is 0.817. The van der Waals surface area contributed by atoms with Crippen molar-refractivity contribution in [2.75, 3.05) is 0 Å². The van der Waals surface area contributed by atoms with E-state index in [4.69, 9.17) is 23.2 Å². The molecule has 0 amide bonds. The zero-order valence-electron chi connectivity index (χ0n) is 5.94. The van der Waals surface area contributed by atoms with Crippen molar-refractivity contribution in [1.29, 1.82) is 0 Å². The summed E-state index contributed by atoms with van der Waals surface area (Å²) in [5.74, 6) is 0. The summed E-state index contributed by atoms with van der Waals surface area (Å²) in [6.07, 6.45) is 0. The Hall–Kier alpha value is 0.280. The minimum atomic E-state index is -0.819. The van der Waals surface area contributed by atoms with Crippen LogP contribution in [0.25, 0.3) is 0 Å². The number of halogens is 3. The van der Waals surface area contributed by atoms with Crippen molar-refractivity contribution in [2.45, 2.75) is 11.3 Å². The lowest BCUT2D eigenvalue weighted by Gasteiger charge is -2.14. The van der Waals surface area contributed by atoms with Crippen molar-refractivity contribution in [3.63, 3.8) is 0 Å². The molecule has 0 bridgehead atoms. The van der Waals surface area contributed by atoms with Gasteiger partial charge in [0.1, 0.15) is 4.33 Å². The predicted octanol–water partition coefficient (Wildman–Crippen LogP) is 4.10. The Balaban J connectivity index is 3.14. The quantitative estimate of drug-likeness (QED) is 0.662. The van der Waals surface area contributed by atoms with E-state index in [1.54, 1.807) is 6.92 Å². The van der Waals surface area contributed by atoms with Crippen LogP contribution in [0.2, 0.25) is 0 Å². The second kappa shape index (κ2) is 3.34. The van der Waals surface area contributed by atoms with Gasteiger partial charge in [0.25, 0.3) is 0 Å². The van der Waals surface area contributed by atoms with Gasteiger partial charge in [0, 0.05) is 10.0 Å². The predicted molar refractivity (Wildman–Crippen MR) is 53.2 cm³/mol. The SMILES string of the molecule is CC(Cl)(Cl)c1ccccc1Br. The molecular formula is C8H7BrCl2. The standard InChI is InChI=1S/C8H7BrCl2/c1-8(10,11)6-4-2-3-5-7(6)9/h2-5H,1H3. The van der Waals surface area contributed by atoms with Gasteiger partial charge in [-0.05, 0) is 13.0 Å². The molecule has 0 spiro atoms. The lowest BCUT2D eigenvalue weighted by atomic mass is 10.2. The largest absolute Gasteiger partial charge is 0.141 e. The molecule has 0 heterocycles. The third-order valence-corrected chi connectivity index (χ3v) is 2.45. The van der Waals surface area contributed by atoms with E-state index in [9.17, 15) is 0 Å². The first-order chi connectivity index (χ1) is 5.02. The van der Waals surface area contributed by atoms with Crippen molar-refractivity contribution in [3.05, 3.63) is 34.3 Å². The molecule has 0 aliphatic rings. The number of benzene rings is 1. The zero-order valence-corrected chi connectivity index (χ0v) is 9.04. The molecule has 60 valence electrons. The summed E-state index contributed by atoms with van der Waals surface area (Å²) in [7, 11) is 0. The van der Waals surface area contributed by atoms with Gasteiger partial charge in [0.05, 0.1) is 0 Å². The van der Waals surface area contributed by atoms with Gasteiger partial charge in [0.2, 0.25) is 0 Å². The molecule has 0 saturated heterocycles. The van der Waals surface area contributed by atoms with Gasteiger partial charge in [-0.2, -0.15) is 0 Å². The highest BCUT2D eigenvalue weighted by Crippen LogP contribution is 2.37. The number of hydrogen-bond donors (Lipinski definition) is 0. The molecule has 1 rings (SSSR count). The zero-order chi connectivity index (χ0) is 8.48. The first kappa shape index (κ1) is 9.37. The van der Waals surface area contributed by atoms with Crippen LogP contribution in [-0.4, -0.2) is 0 Å². The van der Waals surface area contributed by atoms with E-state index in [0.717, 1.165) is 10.0 Å². The van der Waals surface area contributed by atoms with Crippen LogP contribution in [0.4, 0.5) is 0 Å². The summed E-state index contributed by atoms with van der Waals surface area (Å²) in [6, 6.07) is 7.64. The first-order valence-corrected chi connectivity index (χ1v) is 4.69. The fourth-order valence-corrected chi connectivity index (χ4v) is 2.06. The average molecular weight is 254 g/mol. The van der Waals surface area contributed by atoms with E-state index < -0.39 is 4.33 Å². The second-order valence-electron chi connectivity index (χ2n) is 2.37. The fraction of sp³-hybridized carbons (Fsp3) is 0.250. The van der Waals surface area contributed by atoms with Crippen molar-refractivity contribution < 1.29 is 0 Å². The Bertz CT molecular complexity index is 253. The normalized spacial score (nSPS) is 11.6. The summed E-state index contributed by atoms with van der Waals surface area (Å²) >= 11 is 15.2. The van der Waals surface area contributed by atoms with Crippen molar-refractivity contribution in [3.8, 4) is 0 Å². The van der Waals surface area contributed by atoms with E-state index >= 15 is 0 Å².